The van der Waals surface area contributed by atoms with Crippen molar-refractivity contribution in [2.45, 2.75) is 6.92 Å². The van der Waals surface area contributed by atoms with Gasteiger partial charge in [-0.25, -0.2) is 9.59 Å². The van der Waals surface area contributed by atoms with Crippen molar-refractivity contribution in [3.05, 3.63) is 33.9 Å². The molecule has 1 heterocycles. The summed E-state index contributed by atoms with van der Waals surface area (Å²) < 4.78 is 21.5. The van der Waals surface area contributed by atoms with Crippen molar-refractivity contribution in [1.82, 2.24) is 0 Å². The summed E-state index contributed by atoms with van der Waals surface area (Å²) in [7, 11) is 2.50. The lowest BCUT2D eigenvalue weighted by Crippen LogP contribution is -2.39. The highest BCUT2D eigenvalue weighted by Gasteiger charge is 2.33. The van der Waals surface area contributed by atoms with Crippen molar-refractivity contribution in [3.8, 4) is 5.75 Å². The number of carbonyl (C=O) groups is 2. The van der Waals surface area contributed by atoms with Crippen LogP contribution >= 0.6 is 15.9 Å². The molecule has 8 heteroatoms. The minimum absolute atomic E-state index is 0.0361. The van der Waals surface area contributed by atoms with Crippen LogP contribution in [0.5, 0.6) is 5.75 Å². The van der Waals surface area contributed by atoms with Gasteiger partial charge in [-0.05, 0) is 25.1 Å². The first-order chi connectivity index (χ1) is 11.5. The molecule has 0 N–H and O–H groups in total. The fraction of sp³-hybridized carbons (Fsp3) is 0.375. The predicted octanol–water partition coefficient (Wildman–Crippen LogP) is 2.24. The summed E-state index contributed by atoms with van der Waals surface area (Å²) in [5.41, 5.74) is 0.750. The van der Waals surface area contributed by atoms with E-state index in [2.05, 4.69) is 15.9 Å². The second-order valence-corrected chi connectivity index (χ2v) is 5.68. The van der Waals surface area contributed by atoms with E-state index in [1.165, 1.54) is 19.1 Å². The smallest absolute Gasteiger partial charge is 0.355 e. The first-order valence-electron chi connectivity index (χ1n) is 7.20. The predicted molar refractivity (Wildman–Crippen MR) is 89.7 cm³/mol. The Kier molecular flexibility index (Phi) is 6.22. The van der Waals surface area contributed by atoms with Crippen molar-refractivity contribution in [3.63, 3.8) is 0 Å². The zero-order chi connectivity index (χ0) is 17.7. The molecule has 1 aliphatic rings. The molecule has 0 fully saturated rings. The van der Waals surface area contributed by atoms with E-state index in [9.17, 15) is 9.59 Å². The van der Waals surface area contributed by atoms with E-state index >= 15 is 0 Å². The summed E-state index contributed by atoms with van der Waals surface area (Å²) in [6.45, 7) is 2.34. The van der Waals surface area contributed by atoms with Gasteiger partial charge in [-0.3, -0.25) is 0 Å². The maximum atomic E-state index is 12.3. The highest BCUT2D eigenvalue weighted by Crippen LogP contribution is 2.36. The summed E-state index contributed by atoms with van der Waals surface area (Å²) in [6.07, 6.45) is 0. The van der Waals surface area contributed by atoms with Crippen LogP contribution in [0.2, 0.25) is 0 Å². The maximum absolute atomic E-state index is 12.3. The number of hydrogen-bond acceptors (Lipinski definition) is 7. The van der Waals surface area contributed by atoms with Gasteiger partial charge in [0.25, 0.3) is 0 Å². The summed E-state index contributed by atoms with van der Waals surface area (Å²) in [5, 5.41) is 0. The minimum Gasteiger partial charge on any atom is -0.492 e. The van der Waals surface area contributed by atoms with Gasteiger partial charge in [0.2, 0.25) is 0 Å². The van der Waals surface area contributed by atoms with Gasteiger partial charge in [0.1, 0.15) is 18.2 Å². The molecular weight excluding hydrogens is 382 g/mol. The zero-order valence-corrected chi connectivity index (χ0v) is 15.2. The molecule has 0 saturated carbocycles. The molecule has 0 radical (unpaired) electrons. The van der Waals surface area contributed by atoms with Crippen LogP contribution < -0.4 is 9.64 Å². The molecule has 0 atom stereocenters. The Labute approximate surface area is 148 Å². The van der Waals surface area contributed by atoms with Crippen LogP contribution in [0.4, 0.5) is 5.69 Å². The average Bonchev–Trinajstić information content (AvgIpc) is 2.61. The Morgan fingerprint density at radius 3 is 2.58 bits per heavy atom. The Bertz CT molecular complexity index is 673. The van der Waals surface area contributed by atoms with E-state index < -0.39 is 11.9 Å². The molecule has 130 valence electrons. The Balaban J connectivity index is 2.61. The van der Waals surface area contributed by atoms with Crippen molar-refractivity contribution >= 4 is 33.6 Å². The standard InChI is InChI=1S/C16H18BrNO6/c1-4-24-13-6-5-10(17)7-12(13)18-9-23-8-11(15(19)21-2)14(18)16(20)22-3/h5-7H,4,8-9H2,1-3H3. The first kappa shape index (κ1) is 18.3. The normalized spacial score (nSPS) is 14.4. The largest absolute Gasteiger partial charge is 0.492 e. The molecule has 2 rings (SSSR count). The van der Waals surface area contributed by atoms with Gasteiger partial charge >= 0.3 is 11.9 Å². The minimum atomic E-state index is -0.652. The molecule has 0 bridgehead atoms. The van der Waals surface area contributed by atoms with Crippen LogP contribution in [-0.4, -0.2) is 46.1 Å². The summed E-state index contributed by atoms with van der Waals surface area (Å²) >= 11 is 3.40. The van der Waals surface area contributed by atoms with Crippen LogP contribution in [-0.2, 0) is 23.8 Å². The summed E-state index contributed by atoms with van der Waals surface area (Å²) in [6, 6.07) is 5.36. The average molecular weight is 400 g/mol. The number of esters is 2. The monoisotopic (exact) mass is 399 g/mol. The fourth-order valence-corrected chi connectivity index (χ4v) is 2.66. The van der Waals surface area contributed by atoms with Crippen LogP contribution in [0, 0.1) is 0 Å². The van der Waals surface area contributed by atoms with E-state index in [0.717, 1.165) is 4.47 Å². The van der Waals surface area contributed by atoms with E-state index in [0.29, 0.717) is 18.0 Å². The third-order valence-corrected chi connectivity index (χ3v) is 3.84. The molecule has 0 unspecified atom stereocenters. The molecule has 0 aliphatic carbocycles. The number of halogens is 1. The molecular formula is C16H18BrNO6. The second-order valence-electron chi connectivity index (χ2n) is 4.76. The maximum Gasteiger partial charge on any atom is 0.355 e. The van der Waals surface area contributed by atoms with Crippen molar-refractivity contribution < 1.29 is 28.5 Å². The molecule has 1 aromatic carbocycles. The summed E-state index contributed by atoms with van der Waals surface area (Å²) in [5.74, 6) is -0.744. The van der Waals surface area contributed by atoms with Crippen LogP contribution in [0.1, 0.15) is 6.92 Å². The zero-order valence-electron chi connectivity index (χ0n) is 13.6. The van der Waals surface area contributed by atoms with Gasteiger partial charge in [-0.1, -0.05) is 15.9 Å². The summed E-state index contributed by atoms with van der Waals surface area (Å²) in [4.78, 5) is 25.9. The van der Waals surface area contributed by atoms with E-state index in [4.69, 9.17) is 18.9 Å². The molecule has 0 aromatic heterocycles. The lowest BCUT2D eigenvalue weighted by atomic mass is 10.1. The Hall–Kier alpha value is -2.06. The molecule has 7 nitrogen and oxygen atoms in total. The van der Waals surface area contributed by atoms with E-state index in [-0.39, 0.29) is 24.6 Å². The Morgan fingerprint density at radius 1 is 1.25 bits per heavy atom. The van der Waals surface area contributed by atoms with Crippen LogP contribution in [0.25, 0.3) is 0 Å². The second kappa shape index (κ2) is 8.16. The third-order valence-electron chi connectivity index (χ3n) is 3.34. The molecule has 24 heavy (non-hydrogen) atoms. The number of carbonyl (C=O) groups excluding carboxylic acids is 2. The molecule has 0 spiro atoms. The number of methoxy groups -OCH3 is 2. The third kappa shape index (κ3) is 3.70. The Morgan fingerprint density at radius 2 is 1.96 bits per heavy atom. The number of nitrogens with zero attached hydrogens (tertiary/aromatic N) is 1. The van der Waals surface area contributed by atoms with Crippen LogP contribution in [0.3, 0.4) is 0 Å². The van der Waals surface area contributed by atoms with Crippen molar-refractivity contribution in [2.24, 2.45) is 0 Å². The van der Waals surface area contributed by atoms with E-state index in [1.807, 2.05) is 13.0 Å². The first-order valence-corrected chi connectivity index (χ1v) is 8.00. The number of ether oxygens (including phenoxy) is 4. The van der Waals surface area contributed by atoms with Gasteiger partial charge in [-0.2, -0.15) is 0 Å². The molecule has 1 aliphatic heterocycles. The lowest BCUT2D eigenvalue weighted by Gasteiger charge is -2.32. The van der Waals surface area contributed by atoms with Gasteiger partial charge < -0.3 is 23.8 Å². The number of anilines is 1. The highest BCUT2D eigenvalue weighted by molar-refractivity contribution is 9.10. The van der Waals surface area contributed by atoms with E-state index in [1.54, 1.807) is 12.1 Å². The topological polar surface area (TPSA) is 74.3 Å². The molecule has 0 saturated heterocycles. The number of benzene rings is 1. The highest BCUT2D eigenvalue weighted by atomic mass is 79.9. The van der Waals surface area contributed by atoms with Crippen molar-refractivity contribution in [2.75, 3.05) is 39.1 Å². The molecule has 1 aromatic rings. The van der Waals surface area contributed by atoms with Gasteiger partial charge in [0.05, 0.1) is 38.7 Å². The van der Waals surface area contributed by atoms with Gasteiger partial charge in [0.15, 0.2) is 0 Å². The van der Waals surface area contributed by atoms with Crippen molar-refractivity contribution in [1.29, 1.82) is 0 Å². The number of hydrogen-bond donors (Lipinski definition) is 0. The van der Waals surface area contributed by atoms with Crippen LogP contribution in [0.15, 0.2) is 33.9 Å². The molecule has 0 amide bonds. The SMILES string of the molecule is CCOc1ccc(Br)cc1N1COCC(C(=O)OC)=C1C(=O)OC. The number of rotatable bonds is 5. The quantitative estimate of drug-likeness (QED) is 0.702. The lowest BCUT2D eigenvalue weighted by molar-refractivity contribution is -0.140. The van der Waals surface area contributed by atoms with Gasteiger partial charge in [-0.15, -0.1) is 0 Å². The fourth-order valence-electron chi connectivity index (χ4n) is 2.31. The van der Waals surface area contributed by atoms with Gasteiger partial charge in [0, 0.05) is 4.47 Å².